The minimum atomic E-state index is -0.815. The Morgan fingerprint density at radius 3 is 2.17 bits per heavy atom. The summed E-state index contributed by atoms with van der Waals surface area (Å²) in [7, 11) is 0. The SMILES string of the molecule is CC(C)(C)NC(=O)c1ccc(CCC(=O)O)cc1. The normalized spacial score (nSPS) is 11.1. The van der Waals surface area contributed by atoms with Gasteiger partial charge in [-0.3, -0.25) is 9.59 Å². The standard InChI is InChI=1S/C14H19NO3/c1-14(2,3)15-13(18)11-7-4-10(5-8-11)6-9-12(16)17/h4-5,7-8H,6,9H2,1-3H3,(H,15,18)(H,16,17). The van der Waals surface area contributed by atoms with E-state index in [1.165, 1.54) is 0 Å². The van der Waals surface area contributed by atoms with E-state index in [-0.39, 0.29) is 17.9 Å². The van der Waals surface area contributed by atoms with Gasteiger partial charge in [0.2, 0.25) is 0 Å². The van der Waals surface area contributed by atoms with E-state index in [0.717, 1.165) is 5.56 Å². The van der Waals surface area contributed by atoms with Crippen molar-refractivity contribution < 1.29 is 14.7 Å². The second kappa shape index (κ2) is 5.67. The van der Waals surface area contributed by atoms with Gasteiger partial charge in [0.15, 0.2) is 0 Å². The molecule has 98 valence electrons. The molecule has 0 spiro atoms. The molecular formula is C14H19NO3. The molecule has 1 aromatic carbocycles. The Balaban J connectivity index is 2.65. The maximum Gasteiger partial charge on any atom is 0.303 e. The van der Waals surface area contributed by atoms with Crippen LogP contribution in [0.2, 0.25) is 0 Å². The molecule has 0 atom stereocenters. The number of aryl methyl sites for hydroxylation is 1. The zero-order valence-corrected chi connectivity index (χ0v) is 11.0. The first-order chi connectivity index (χ1) is 8.28. The first-order valence-corrected chi connectivity index (χ1v) is 5.91. The molecule has 0 aliphatic rings. The lowest BCUT2D eigenvalue weighted by Crippen LogP contribution is -2.40. The topological polar surface area (TPSA) is 66.4 Å². The van der Waals surface area contributed by atoms with Crippen LogP contribution in [0.1, 0.15) is 43.1 Å². The number of carboxylic acids is 1. The highest BCUT2D eigenvalue weighted by Crippen LogP contribution is 2.08. The van der Waals surface area contributed by atoms with Gasteiger partial charge in [-0.15, -0.1) is 0 Å². The van der Waals surface area contributed by atoms with Crippen molar-refractivity contribution in [1.29, 1.82) is 0 Å². The lowest BCUT2D eigenvalue weighted by Gasteiger charge is -2.20. The molecular weight excluding hydrogens is 230 g/mol. The highest BCUT2D eigenvalue weighted by atomic mass is 16.4. The Hall–Kier alpha value is -1.84. The van der Waals surface area contributed by atoms with Gasteiger partial charge in [-0.25, -0.2) is 0 Å². The summed E-state index contributed by atoms with van der Waals surface area (Å²) in [5, 5.41) is 11.5. The summed E-state index contributed by atoms with van der Waals surface area (Å²) < 4.78 is 0. The quantitative estimate of drug-likeness (QED) is 0.860. The van der Waals surface area contributed by atoms with Crippen molar-refractivity contribution >= 4 is 11.9 Å². The van der Waals surface area contributed by atoms with Crippen molar-refractivity contribution in [2.45, 2.75) is 39.2 Å². The summed E-state index contributed by atoms with van der Waals surface area (Å²) in [5.74, 6) is -0.933. The maximum atomic E-state index is 11.8. The zero-order valence-electron chi connectivity index (χ0n) is 11.0. The molecule has 0 fully saturated rings. The molecule has 1 amide bonds. The summed E-state index contributed by atoms with van der Waals surface area (Å²) >= 11 is 0. The summed E-state index contributed by atoms with van der Waals surface area (Å²) in [6, 6.07) is 7.03. The molecule has 4 nitrogen and oxygen atoms in total. The highest BCUT2D eigenvalue weighted by molar-refractivity contribution is 5.94. The van der Waals surface area contributed by atoms with Gasteiger partial charge in [0, 0.05) is 17.5 Å². The molecule has 2 N–H and O–H groups in total. The number of hydrogen-bond donors (Lipinski definition) is 2. The Morgan fingerprint density at radius 2 is 1.72 bits per heavy atom. The lowest BCUT2D eigenvalue weighted by atomic mass is 10.1. The molecule has 0 aromatic heterocycles. The van der Waals surface area contributed by atoms with Crippen LogP contribution in [0, 0.1) is 0 Å². The smallest absolute Gasteiger partial charge is 0.303 e. The minimum absolute atomic E-state index is 0.105. The van der Waals surface area contributed by atoms with Gasteiger partial charge < -0.3 is 10.4 Å². The van der Waals surface area contributed by atoms with Crippen LogP contribution >= 0.6 is 0 Å². The number of benzene rings is 1. The Kier molecular flexibility index (Phi) is 4.48. The first kappa shape index (κ1) is 14.2. The molecule has 0 radical (unpaired) electrons. The van der Waals surface area contributed by atoms with Crippen molar-refractivity contribution in [3.8, 4) is 0 Å². The van der Waals surface area contributed by atoms with E-state index in [1.54, 1.807) is 24.3 Å². The third-order valence-electron chi connectivity index (χ3n) is 2.33. The molecule has 0 aliphatic heterocycles. The molecule has 0 aliphatic carbocycles. The second-order valence-corrected chi connectivity index (χ2v) is 5.29. The maximum absolute atomic E-state index is 11.8. The number of nitrogens with one attached hydrogen (secondary N) is 1. The predicted molar refractivity (Wildman–Crippen MR) is 69.6 cm³/mol. The van der Waals surface area contributed by atoms with Gasteiger partial charge in [0.1, 0.15) is 0 Å². The van der Waals surface area contributed by atoms with Gasteiger partial charge in [0.05, 0.1) is 0 Å². The van der Waals surface area contributed by atoms with Crippen LogP contribution in [0.25, 0.3) is 0 Å². The average Bonchev–Trinajstić information content (AvgIpc) is 2.24. The molecule has 0 saturated heterocycles. The van der Waals surface area contributed by atoms with Crippen LogP contribution in [-0.2, 0) is 11.2 Å². The molecule has 0 unspecified atom stereocenters. The fourth-order valence-corrected chi connectivity index (χ4v) is 1.49. The number of amides is 1. The number of carboxylic acid groups (broad SMARTS) is 1. The van der Waals surface area contributed by atoms with E-state index in [2.05, 4.69) is 5.32 Å². The van der Waals surface area contributed by atoms with Crippen LogP contribution in [-0.4, -0.2) is 22.5 Å². The molecule has 4 heteroatoms. The van der Waals surface area contributed by atoms with Crippen LogP contribution < -0.4 is 5.32 Å². The van der Waals surface area contributed by atoms with Crippen molar-refractivity contribution in [2.24, 2.45) is 0 Å². The third-order valence-corrected chi connectivity index (χ3v) is 2.33. The number of carbonyl (C=O) groups is 2. The number of rotatable bonds is 4. The van der Waals surface area contributed by atoms with Crippen molar-refractivity contribution in [1.82, 2.24) is 5.32 Å². The van der Waals surface area contributed by atoms with Gasteiger partial charge in [-0.2, -0.15) is 0 Å². The predicted octanol–water partition coefficient (Wildman–Crippen LogP) is 2.23. The van der Waals surface area contributed by atoms with Crippen molar-refractivity contribution in [2.75, 3.05) is 0 Å². The summed E-state index contributed by atoms with van der Waals surface area (Å²) in [4.78, 5) is 22.3. The Morgan fingerprint density at radius 1 is 1.17 bits per heavy atom. The summed E-state index contributed by atoms with van der Waals surface area (Å²) in [6.07, 6.45) is 0.587. The molecule has 18 heavy (non-hydrogen) atoms. The van der Waals surface area contributed by atoms with Crippen LogP contribution in [0.15, 0.2) is 24.3 Å². The van der Waals surface area contributed by atoms with Crippen LogP contribution in [0.5, 0.6) is 0 Å². The molecule has 1 aromatic rings. The van der Waals surface area contributed by atoms with Gasteiger partial charge in [-0.05, 0) is 44.9 Å². The zero-order chi connectivity index (χ0) is 13.8. The second-order valence-electron chi connectivity index (χ2n) is 5.29. The number of hydrogen-bond acceptors (Lipinski definition) is 2. The van der Waals surface area contributed by atoms with E-state index in [4.69, 9.17) is 5.11 Å². The largest absolute Gasteiger partial charge is 0.481 e. The van der Waals surface area contributed by atoms with E-state index in [1.807, 2.05) is 20.8 Å². The van der Waals surface area contributed by atoms with Gasteiger partial charge >= 0.3 is 5.97 Å². The third kappa shape index (κ3) is 4.99. The van der Waals surface area contributed by atoms with Crippen molar-refractivity contribution in [3.05, 3.63) is 35.4 Å². The molecule has 1 rings (SSSR count). The number of carbonyl (C=O) groups excluding carboxylic acids is 1. The molecule has 0 saturated carbocycles. The summed E-state index contributed by atoms with van der Waals surface area (Å²) in [5.41, 5.74) is 1.24. The van der Waals surface area contributed by atoms with Crippen LogP contribution in [0.4, 0.5) is 0 Å². The summed E-state index contributed by atoms with van der Waals surface area (Å²) in [6.45, 7) is 5.77. The molecule has 0 heterocycles. The number of aliphatic carboxylic acids is 1. The lowest BCUT2D eigenvalue weighted by molar-refractivity contribution is -0.136. The Labute approximate surface area is 107 Å². The first-order valence-electron chi connectivity index (χ1n) is 5.91. The fourth-order valence-electron chi connectivity index (χ4n) is 1.49. The monoisotopic (exact) mass is 249 g/mol. The highest BCUT2D eigenvalue weighted by Gasteiger charge is 2.14. The van der Waals surface area contributed by atoms with E-state index >= 15 is 0 Å². The van der Waals surface area contributed by atoms with Crippen LogP contribution in [0.3, 0.4) is 0 Å². The van der Waals surface area contributed by atoms with E-state index in [9.17, 15) is 9.59 Å². The average molecular weight is 249 g/mol. The van der Waals surface area contributed by atoms with E-state index < -0.39 is 5.97 Å². The van der Waals surface area contributed by atoms with Gasteiger partial charge in [-0.1, -0.05) is 12.1 Å². The fraction of sp³-hybridized carbons (Fsp3) is 0.429. The van der Waals surface area contributed by atoms with E-state index in [0.29, 0.717) is 12.0 Å². The Bertz CT molecular complexity index is 429. The minimum Gasteiger partial charge on any atom is -0.481 e. The molecule has 0 bridgehead atoms. The van der Waals surface area contributed by atoms with Crippen molar-refractivity contribution in [3.63, 3.8) is 0 Å². The van der Waals surface area contributed by atoms with Gasteiger partial charge in [0.25, 0.3) is 5.91 Å².